The Kier molecular flexibility index (Phi) is 31.6. The second kappa shape index (κ2) is 26.7. The summed E-state index contributed by atoms with van der Waals surface area (Å²) in [5, 5.41) is 0. The van der Waals surface area contributed by atoms with Crippen LogP contribution in [0.1, 0.15) is 143 Å². The van der Waals surface area contributed by atoms with Crippen LogP contribution in [-0.2, 0) is 0 Å². The molecule has 1 nitrogen and oxygen atoms in total. The second-order valence-electron chi connectivity index (χ2n) is 9.19. The average molecular weight is 453 g/mol. The summed E-state index contributed by atoms with van der Waals surface area (Å²) in [5.74, 6) is 0. The highest BCUT2D eigenvalue weighted by atomic mass is 35.5. The lowest BCUT2D eigenvalue weighted by Gasteiger charge is -2.37. The fourth-order valence-electron chi connectivity index (χ4n) is 4.44. The fraction of sp³-hybridized carbons (Fsp3) is 1.00. The quantitative estimate of drug-likeness (QED) is 0.128. The van der Waals surface area contributed by atoms with E-state index in [9.17, 15) is 0 Å². The van der Waals surface area contributed by atoms with Gasteiger partial charge in [-0.3, -0.25) is 0 Å². The first-order valence-electron chi connectivity index (χ1n) is 13.1. The average Bonchev–Trinajstić information content (AvgIpc) is 2.69. The summed E-state index contributed by atoms with van der Waals surface area (Å²) in [5.41, 5.74) is 0. The fourth-order valence-corrected chi connectivity index (χ4v) is 9.64. The van der Waals surface area contributed by atoms with Crippen molar-refractivity contribution < 1.29 is 0 Å². The Hall–Kier alpha value is 0.680. The SMILES string of the molecule is CCCCCCCCCCCCCC[P](CCCC)(CCCC)CCCC.Cl.N. The van der Waals surface area contributed by atoms with E-state index in [2.05, 4.69) is 27.7 Å². The Labute approximate surface area is 193 Å². The first-order valence-corrected chi connectivity index (χ1v) is 15.6. The van der Waals surface area contributed by atoms with Crippen molar-refractivity contribution in [1.82, 2.24) is 6.15 Å². The van der Waals surface area contributed by atoms with Gasteiger partial charge in [-0.1, -0.05) is 118 Å². The maximum Gasteiger partial charge on any atom is -0.0359 e. The van der Waals surface area contributed by atoms with Crippen LogP contribution < -0.4 is 6.15 Å². The highest BCUT2D eigenvalue weighted by Crippen LogP contribution is 2.61. The molecule has 0 aromatic carbocycles. The minimum absolute atomic E-state index is 0. The molecular formula is C26H60ClNP. The van der Waals surface area contributed by atoms with E-state index >= 15 is 0 Å². The van der Waals surface area contributed by atoms with Gasteiger partial charge in [-0.2, -0.15) is 0 Å². The predicted molar refractivity (Wildman–Crippen MR) is 144 cm³/mol. The Morgan fingerprint density at radius 2 is 0.586 bits per heavy atom. The van der Waals surface area contributed by atoms with Crippen LogP contribution in [0.3, 0.4) is 0 Å². The molecule has 0 saturated carbocycles. The zero-order valence-corrected chi connectivity index (χ0v) is 22.8. The van der Waals surface area contributed by atoms with Crippen LogP contribution in [-0.4, -0.2) is 24.6 Å². The van der Waals surface area contributed by atoms with Gasteiger partial charge < -0.3 is 6.15 Å². The normalized spacial score (nSPS) is 11.2. The lowest BCUT2D eigenvalue weighted by molar-refractivity contribution is 0.548. The van der Waals surface area contributed by atoms with Gasteiger partial charge in [0.2, 0.25) is 0 Å². The predicted octanol–water partition coefficient (Wildman–Crippen LogP) is 10.7. The molecule has 0 unspecified atom stereocenters. The lowest BCUT2D eigenvalue weighted by Crippen LogP contribution is -2.13. The number of halogens is 1. The molecule has 3 N–H and O–H groups in total. The first-order chi connectivity index (χ1) is 13.2. The van der Waals surface area contributed by atoms with Gasteiger partial charge in [-0.15, -0.1) is 19.7 Å². The zero-order chi connectivity index (χ0) is 20.1. The number of rotatable bonds is 22. The molecule has 0 rings (SSSR count). The molecular weight excluding hydrogens is 393 g/mol. The van der Waals surface area contributed by atoms with Crippen molar-refractivity contribution >= 4 is 19.7 Å². The molecule has 181 valence electrons. The van der Waals surface area contributed by atoms with E-state index in [1.807, 2.05) is 0 Å². The maximum atomic E-state index is 2.39. The Morgan fingerprint density at radius 3 is 0.897 bits per heavy atom. The maximum absolute atomic E-state index is 2.39. The Balaban J connectivity index is -0.00000338. The van der Waals surface area contributed by atoms with Crippen LogP contribution >= 0.6 is 19.7 Å². The molecule has 1 radical (unpaired) electrons. The molecule has 3 heteroatoms. The summed E-state index contributed by atoms with van der Waals surface area (Å²) < 4.78 is 0. The molecule has 0 saturated heterocycles. The third kappa shape index (κ3) is 21.7. The summed E-state index contributed by atoms with van der Waals surface area (Å²) in [6, 6.07) is 0. The Bertz CT molecular complexity index is 264. The van der Waals surface area contributed by atoms with Crippen LogP contribution in [0, 0.1) is 0 Å². The lowest BCUT2D eigenvalue weighted by atomic mass is 10.1. The molecule has 0 bridgehead atoms. The van der Waals surface area contributed by atoms with Crippen molar-refractivity contribution in [3.05, 3.63) is 0 Å². The molecule has 0 spiro atoms. The van der Waals surface area contributed by atoms with Crippen LogP contribution in [0.5, 0.6) is 0 Å². The number of unbranched alkanes of at least 4 members (excludes halogenated alkanes) is 14. The summed E-state index contributed by atoms with van der Waals surface area (Å²) in [4.78, 5) is 0. The minimum atomic E-state index is -0.626. The van der Waals surface area contributed by atoms with Crippen molar-refractivity contribution in [3.63, 3.8) is 0 Å². The van der Waals surface area contributed by atoms with Gasteiger partial charge >= 0.3 is 0 Å². The molecule has 0 aliphatic heterocycles. The molecule has 0 aliphatic rings. The van der Waals surface area contributed by atoms with E-state index in [1.54, 1.807) is 31.1 Å². The molecule has 0 aliphatic carbocycles. The third-order valence-electron chi connectivity index (χ3n) is 6.44. The molecule has 0 aromatic rings. The van der Waals surface area contributed by atoms with E-state index in [0.717, 1.165) is 0 Å². The van der Waals surface area contributed by atoms with Crippen molar-refractivity contribution in [2.75, 3.05) is 24.6 Å². The van der Waals surface area contributed by atoms with E-state index in [0.29, 0.717) is 0 Å². The largest absolute Gasteiger partial charge is 0.344 e. The monoisotopic (exact) mass is 452 g/mol. The topological polar surface area (TPSA) is 35.0 Å². The molecule has 0 heterocycles. The first kappa shape index (κ1) is 34.3. The van der Waals surface area contributed by atoms with Gasteiger partial charge in [-0.25, -0.2) is 0 Å². The second-order valence-corrected chi connectivity index (χ2v) is 13.7. The van der Waals surface area contributed by atoms with Crippen molar-refractivity contribution in [1.29, 1.82) is 0 Å². The van der Waals surface area contributed by atoms with Crippen molar-refractivity contribution in [3.8, 4) is 0 Å². The highest BCUT2D eigenvalue weighted by molar-refractivity contribution is 7.75. The third-order valence-corrected chi connectivity index (χ3v) is 11.5. The van der Waals surface area contributed by atoms with Gasteiger partial charge in [0.05, 0.1) is 0 Å². The van der Waals surface area contributed by atoms with E-state index < -0.39 is 7.26 Å². The standard InChI is InChI=1S/C26H56P.ClH.H3N/c1-5-9-13-14-15-16-17-18-19-20-21-22-26-27(23-10-6-2,24-11-7-3)25-12-8-4;;/h5-26H2,1-4H3;1H;1H3. The Morgan fingerprint density at radius 1 is 0.345 bits per heavy atom. The van der Waals surface area contributed by atoms with E-state index in [-0.39, 0.29) is 18.6 Å². The van der Waals surface area contributed by atoms with Crippen LogP contribution in [0.2, 0.25) is 0 Å². The molecule has 0 aromatic heterocycles. The summed E-state index contributed by atoms with van der Waals surface area (Å²) in [6.45, 7) is 9.47. The van der Waals surface area contributed by atoms with E-state index in [1.165, 1.54) is 109 Å². The van der Waals surface area contributed by atoms with Crippen LogP contribution in [0.25, 0.3) is 0 Å². The highest BCUT2D eigenvalue weighted by Gasteiger charge is 2.24. The molecule has 29 heavy (non-hydrogen) atoms. The molecule has 0 fully saturated rings. The van der Waals surface area contributed by atoms with Gasteiger partial charge in [0.25, 0.3) is 0 Å². The van der Waals surface area contributed by atoms with E-state index in [4.69, 9.17) is 0 Å². The zero-order valence-electron chi connectivity index (χ0n) is 21.1. The smallest absolute Gasteiger partial charge is 0.0359 e. The van der Waals surface area contributed by atoms with Gasteiger partial charge in [-0.05, 0) is 50.3 Å². The number of hydrogen-bond acceptors (Lipinski definition) is 1. The van der Waals surface area contributed by atoms with Crippen LogP contribution in [0.15, 0.2) is 0 Å². The van der Waals surface area contributed by atoms with Crippen molar-refractivity contribution in [2.45, 2.75) is 143 Å². The van der Waals surface area contributed by atoms with Crippen molar-refractivity contribution in [2.24, 2.45) is 0 Å². The molecule has 0 amide bonds. The summed E-state index contributed by atoms with van der Waals surface area (Å²) in [6.07, 6.45) is 33.0. The van der Waals surface area contributed by atoms with Gasteiger partial charge in [0, 0.05) is 0 Å². The summed E-state index contributed by atoms with van der Waals surface area (Å²) in [7, 11) is -0.626. The summed E-state index contributed by atoms with van der Waals surface area (Å²) >= 11 is 0. The van der Waals surface area contributed by atoms with Gasteiger partial charge in [0.1, 0.15) is 0 Å². The molecule has 0 atom stereocenters. The van der Waals surface area contributed by atoms with Gasteiger partial charge in [0.15, 0.2) is 0 Å². The van der Waals surface area contributed by atoms with Crippen LogP contribution in [0.4, 0.5) is 0 Å². The number of hydrogen-bond donors (Lipinski definition) is 1. The minimum Gasteiger partial charge on any atom is -0.344 e.